The van der Waals surface area contributed by atoms with E-state index < -0.39 is 0 Å². The monoisotopic (exact) mass is 654 g/mol. The van der Waals surface area contributed by atoms with Gasteiger partial charge in [-0.2, -0.15) is 0 Å². The number of hydrogen-bond donors (Lipinski definition) is 0. The molecule has 0 saturated heterocycles. The number of aromatic nitrogens is 2. The van der Waals surface area contributed by atoms with E-state index >= 15 is 0 Å². The molecule has 8 rings (SSSR count). The topological polar surface area (TPSA) is 25.8 Å². The predicted octanol–water partition coefficient (Wildman–Crippen LogP) is 13.1. The van der Waals surface area contributed by atoms with E-state index in [1.54, 1.807) is 0 Å². The summed E-state index contributed by atoms with van der Waals surface area (Å²) in [7, 11) is 0. The minimum Gasteiger partial charge on any atom is -0.228 e. The zero-order valence-electron chi connectivity index (χ0n) is 29.1. The molecule has 0 aliphatic carbocycles. The quantitative estimate of drug-likeness (QED) is 0.171. The van der Waals surface area contributed by atoms with E-state index in [0.29, 0.717) is 5.82 Å². The highest BCUT2D eigenvalue weighted by Gasteiger charge is 2.14. The average molecular weight is 655 g/mol. The molecule has 0 bridgehead atoms. The summed E-state index contributed by atoms with van der Waals surface area (Å²) in [4.78, 5) is 10.3. The Morgan fingerprint density at radius 1 is 0.255 bits per heavy atom. The molecule has 0 N–H and O–H groups in total. The number of hydrogen-bond acceptors (Lipinski definition) is 2. The molecule has 8 aromatic rings. The maximum atomic E-state index is 5.22. The number of aryl methyl sites for hydroxylation is 3. The van der Waals surface area contributed by atoms with Gasteiger partial charge in [-0.15, -0.1) is 0 Å². The Morgan fingerprint density at radius 3 is 1.22 bits per heavy atom. The Bertz CT molecular complexity index is 2400. The second-order valence-corrected chi connectivity index (χ2v) is 13.4. The number of nitrogens with zero attached hydrogens (tertiary/aromatic N) is 2. The molecule has 51 heavy (non-hydrogen) atoms. The van der Waals surface area contributed by atoms with Crippen LogP contribution in [0.4, 0.5) is 0 Å². The van der Waals surface area contributed by atoms with E-state index in [-0.39, 0.29) is 0 Å². The van der Waals surface area contributed by atoms with E-state index in [9.17, 15) is 0 Å². The third kappa shape index (κ3) is 7.04. The van der Waals surface area contributed by atoms with Gasteiger partial charge in [0.15, 0.2) is 5.82 Å². The maximum Gasteiger partial charge on any atom is 0.160 e. The van der Waals surface area contributed by atoms with Crippen LogP contribution in [-0.4, -0.2) is 9.97 Å². The first-order valence-corrected chi connectivity index (χ1v) is 17.5. The molecule has 0 saturated carbocycles. The molecule has 1 aromatic heterocycles. The first-order chi connectivity index (χ1) is 24.9. The smallest absolute Gasteiger partial charge is 0.160 e. The van der Waals surface area contributed by atoms with Crippen LogP contribution < -0.4 is 0 Å². The van der Waals surface area contributed by atoms with Gasteiger partial charge in [0.1, 0.15) is 0 Å². The van der Waals surface area contributed by atoms with Crippen LogP contribution in [0.15, 0.2) is 176 Å². The van der Waals surface area contributed by atoms with Crippen LogP contribution >= 0.6 is 0 Å². The molecular formula is C49H38N2. The summed E-state index contributed by atoms with van der Waals surface area (Å²) in [5, 5.41) is 0. The molecule has 0 amide bonds. The van der Waals surface area contributed by atoms with Crippen molar-refractivity contribution in [2.75, 3.05) is 0 Å². The number of rotatable bonds is 7. The Kier molecular flexibility index (Phi) is 8.66. The molecule has 7 aromatic carbocycles. The van der Waals surface area contributed by atoms with Gasteiger partial charge in [0.05, 0.1) is 11.4 Å². The molecular weight excluding hydrogens is 617 g/mol. The zero-order valence-corrected chi connectivity index (χ0v) is 29.1. The molecule has 0 radical (unpaired) electrons. The van der Waals surface area contributed by atoms with E-state index in [2.05, 4.69) is 172 Å². The van der Waals surface area contributed by atoms with Crippen LogP contribution in [0.3, 0.4) is 0 Å². The Morgan fingerprint density at radius 2 is 0.667 bits per heavy atom. The van der Waals surface area contributed by atoms with Crippen molar-refractivity contribution in [2.24, 2.45) is 0 Å². The van der Waals surface area contributed by atoms with Crippen molar-refractivity contribution in [3.05, 3.63) is 193 Å². The largest absolute Gasteiger partial charge is 0.228 e. The SMILES string of the molecule is Cc1ccc(-c2cccc(-c3cc(-c4cccc(-c5cc(C)cc(C)c5)c4)cc(-c4cc(-c5ccccc5)nc(-c5ccccc5)n4)c3)c2)cc1. The summed E-state index contributed by atoms with van der Waals surface area (Å²) in [5.74, 6) is 0.706. The summed E-state index contributed by atoms with van der Waals surface area (Å²) >= 11 is 0. The summed E-state index contributed by atoms with van der Waals surface area (Å²) in [6, 6.07) is 62.9. The maximum absolute atomic E-state index is 5.22. The first kappa shape index (κ1) is 31.9. The van der Waals surface area contributed by atoms with Gasteiger partial charge in [0.2, 0.25) is 0 Å². The summed E-state index contributed by atoms with van der Waals surface area (Å²) in [6.07, 6.45) is 0. The summed E-state index contributed by atoms with van der Waals surface area (Å²) in [6.45, 7) is 6.45. The molecule has 0 unspecified atom stereocenters. The van der Waals surface area contributed by atoms with Gasteiger partial charge in [-0.3, -0.25) is 0 Å². The van der Waals surface area contributed by atoms with E-state index in [0.717, 1.165) is 50.3 Å². The van der Waals surface area contributed by atoms with Crippen LogP contribution in [0.5, 0.6) is 0 Å². The van der Waals surface area contributed by atoms with Crippen molar-refractivity contribution < 1.29 is 0 Å². The third-order valence-electron chi connectivity index (χ3n) is 9.39. The standard InChI is InChI=1S/C49H38N2/c1-33-20-22-36(23-21-33)39-16-10-18-41(27-39)44-29-45(42-19-11-17-40(28-42)43-25-34(2)24-35(3)26-43)31-46(30-44)48-32-47(37-12-6-4-7-13-37)50-49(51-48)38-14-8-5-9-15-38/h4-32H,1-3H3. The molecule has 244 valence electrons. The van der Waals surface area contributed by atoms with Gasteiger partial charge in [-0.1, -0.05) is 156 Å². The van der Waals surface area contributed by atoms with Crippen molar-refractivity contribution in [3.8, 4) is 78.4 Å². The second-order valence-electron chi connectivity index (χ2n) is 13.4. The fraction of sp³-hybridized carbons (Fsp3) is 0.0612. The predicted molar refractivity (Wildman–Crippen MR) is 214 cm³/mol. The minimum atomic E-state index is 0.706. The normalized spacial score (nSPS) is 11.0. The second kappa shape index (κ2) is 13.9. The van der Waals surface area contributed by atoms with Crippen LogP contribution in [0.2, 0.25) is 0 Å². The Balaban J connectivity index is 1.33. The lowest BCUT2D eigenvalue weighted by atomic mass is 9.91. The van der Waals surface area contributed by atoms with Gasteiger partial charge in [0, 0.05) is 16.7 Å². The fourth-order valence-corrected chi connectivity index (χ4v) is 6.82. The molecule has 0 aliphatic rings. The van der Waals surface area contributed by atoms with Crippen LogP contribution in [-0.2, 0) is 0 Å². The lowest BCUT2D eigenvalue weighted by molar-refractivity contribution is 1.18. The molecule has 0 fully saturated rings. The lowest BCUT2D eigenvalue weighted by Gasteiger charge is -2.14. The van der Waals surface area contributed by atoms with Crippen molar-refractivity contribution in [1.82, 2.24) is 9.97 Å². The third-order valence-corrected chi connectivity index (χ3v) is 9.39. The average Bonchev–Trinajstić information content (AvgIpc) is 3.18. The zero-order chi connectivity index (χ0) is 34.7. The first-order valence-electron chi connectivity index (χ1n) is 17.5. The highest BCUT2D eigenvalue weighted by molar-refractivity contribution is 5.84. The van der Waals surface area contributed by atoms with Crippen molar-refractivity contribution >= 4 is 0 Å². The fourth-order valence-electron chi connectivity index (χ4n) is 6.82. The lowest BCUT2D eigenvalue weighted by Crippen LogP contribution is -1.96. The van der Waals surface area contributed by atoms with Gasteiger partial charge in [-0.05, 0) is 102 Å². The van der Waals surface area contributed by atoms with E-state index in [4.69, 9.17) is 9.97 Å². The molecule has 0 aliphatic heterocycles. The van der Waals surface area contributed by atoms with Gasteiger partial charge in [0.25, 0.3) is 0 Å². The molecule has 1 heterocycles. The Hall–Kier alpha value is -6.38. The van der Waals surface area contributed by atoms with E-state index in [1.165, 1.54) is 38.9 Å². The molecule has 2 nitrogen and oxygen atoms in total. The van der Waals surface area contributed by atoms with Crippen molar-refractivity contribution in [2.45, 2.75) is 20.8 Å². The summed E-state index contributed by atoms with van der Waals surface area (Å²) < 4.78 is 0. The Labute approximate surface area is 300 Å². The number of benzene rings is 7. The van der Waals surface area contributed by atoms with Gasteiger partial charge >= 0.3 is 0 Å². The molecule has 2 heteroatoms. The van der Waals surface area contributed by atoms with Crippen molar-refractivity contribution in [3.63, 3.8) is 0 Å². The van der Waals surface area contributed by atoms with Gasteiger partial charge < -0.3 is 0 Å². The van der Waals surface area contributed by atoms with Crippen molar-refractivity contribution in [1.29, 1.82) is 0 Å². The van der Waals surface area contributed by atoms with Crippen LogP contribution in [0, 0.1) is 20.8 Å². The van der Waals surface area contributed by atoms with E-state index in [1.807, 2.05) is 24.3 Å². The van der Waals surface area contributed by atoms with Crippen LogP contribution in [0.1, 0.15) is 16.7 Å². The molecule has 0 atom stereocenters. The molecule has 0 spiro atoms. The summed E-state index contributed by atoms with van der Waals surface area (Å²) in [5.41, 5.74) is 18.0. The van der Waals surface area contributed by atoms with Crippen LogP contribution in [0.25, 0.3) is 78.4 Å². The van der Waals surface area contributed by atoms with Gasteiger partial charge in [-0.25, -0.2) is 9.97 Å². The highest BCUT2D eigenvalue weighted by Crippen LogP contribution is 2.37. The highest BCUT2D eigenvalue weighted by atomic mass is 14.9. The minimum absolute atomic E-state index is 0.706.